The van der Waals surface area contributed by atoms with E-state index in [0.29, 0.717) is 16.6 Å². The highest BCUT2D eigenvalue weighted by Crippen LogP contribution is 2.21. The van der Waals surface area contributed by atoms with Gasteiger partial charge in [-0.1, -0.05) is 6.92 Å². The monoisotopic (exact) mass is 274 g/mol. The highest BCUT2D eigenvalue weighted by molar-refractivity contribution is 9.10. The third-order valence-electron chi connectivity index (χ3n) is 2.01. The second-order valence-corrected chi connectivity index (χ2v) is 4.01. The first kappa shape index (κ1) is 12.2. The van der Waals surface area contributed by atoms with E-state index in [0.717, 1.165) is 0 Å². The third-order valence-corrected chi connectivity index (χ3v) is 2.65. The van der Waals surface area contributed by atoms with Gasteiger partial charge in [0, 0.05) is 12.5 Å². The molecule has 2 nitrogen and oxygen atoms in total. The van der Waals surface area contributed by atoms with Gasteiger partial charge in [-0.2, -0.15) is 0 Å². The second-order valence-electron chi connectivity index (χ2n) is 3.16. The number of Topliss-reactive ketones (excluding diaryl/α,β-unsaturated/α-hetero) is 1. The van der Waals surface area contributed by atoms with E-state index in [1.54, 1.807) is 26.0 Å². The van der Waals surface area contributed by atoms with E-state index >= 15 is 0 Å². The first-order valence-corrected chi connectivity index (χ1v) is 5.48. The molecule has 0 amide bonds. The van der Waals surface area contributed by atoms with Crippen LogP contribution in [0, 0.1) is 5.82 Å². The Morgan fingerprint density at radius 2 is 2.27 bits per heavy atom. The van der Waals surface area contributed by atoms with Crippen LogP contribution in [0.4, 0.5) is 4.39 Å². The lowest BCUT2D eigenvalue weighted by Crippen LogP contribution is -2.22. The number of carbonyl (C=O) groups is 1. The number of carbonyl (C=O) groups excluding carboxylic acids is 1. The Labute approximate surface area is 96.6 Å². The molecule has 0 saturated heterocycles. The molecule has 1 atom stereocenters. The average Bonchev–Trinajstić information content (AvgIpc) is 2.22. The Morgan fingerprint density at radius 1 is 1.60 bits per heavy atom. The average molecular weight is 275 g/mol. The maximum absolute atomic E-state index is 13.1. The third kappa shape index (κ3) is 3.30. The number of hydrogen-bond donors (Lipinski definition) is 0. The summed E-state index contributed by atoms with van der Waals surface area (Å²) in [5.74, 6) is -0.0352. The zero-order valence-electron chi connectivity index (χ0n) is 8.59. The van der Waals surface area contributed by atoms with Gasteiger partial charge in [-0.3, -0.25) is 4.79 Å². The van der Waals surface area contributed by atoms with Crippen molar-refractivity contribution >= 4 is 21.7 Å². The minimum absolute atomic E-state index is 0.00155. The summed E-state index contributed by atoms with van der Waals surface area (Å²) in [6.45, 7) is 3.43. The molecule has 1 rings (SSSR count). The van der Waals surface area contributed by atoms with Gasteiger partial charge in [0.25, 0.3) is 0 Å². The Balaban J connectivity index is 2.73. The summed E-state index contributed by atoms with van der Waals surface area (Å²) in [6.07, 6.45) is -0.115. The first-order chi connectivity index (χ1) is 7.04. The van der Waals surface area contributed by atoms with E-state index in [1.165, 1.54) is 6.07 Å². The van der Waals surface area contributed by atoms with Gasteiger partial charge in [-0.05, 0) is 35.0 Å². The van der Waals surface area contributed by atoms with Crippen molar-refractivity contribution in [1.82, 2.24) is 0 Å². The standard InChI is InChI=1S/C11H12BrFO2/c1-3-11(14)7(2)15-8-4-5-9(12)10(13)6-8/h4-7H,3H2,1-2H3. The Morgan fingerprint density at radius 3 is 2.80 bits per heavy atom. The molecule has 0 N–H and O–H groups in total. The van der Waals surface area contributed by atoms with E-state index in [-0.39, 0.29) is 5.78 Å². The maximum atomic E-state index is 13.1. The van der Waals surface area contributed by atoms with Gasteiger partial charge >= 0.3 is 0 Å². The van der Waals surface area contributed by atoms with Crippen LogP contribution in [0.25, 0.3) is 0 Å². The summed E-state index contributed by atoms with van der Waals surface area (Å²) in [4.78, 5) is 11.2. The largest absolute Gasteiger partial charge is 0.483 e. The second kappa shape index (κ2) is 5.26. The molecule has 0 fully saturated rings. The molecule has 0 spiro atoms. The minimum atomic E-state index is -0.532. The molecule has 1 aromatic carbocycles. The normalized spacial score (nSPS) is 12.3. The molecular weight excluding hydrogens is 263 g/mol. The molecule has 0 heterocycles. The molecule has 0 radical (unpaired) electrons. The first-order valence-electron chi connectivity index (χ1n) is 4.69. The van der Waals surface area contributed by atoms with Crippen LogP contribution in [0.3, 0.4) is 0 Å². The highest BCUT2D eigenvalue weighted by Gasteiger charge is 2.12. The van der Waals surface area contributed by atoms with Crippen molar-refractivity contribution in [2.45, 2.75) is 26.4 Å². The van der Waals surface area contributed by atoms with E-state index < -0.39 is 11.9 Å². The minimum Gasteiger partial charge on any atom is -0.483 e. The van der Waals surface area contributed by atoms with Crippen molar-refractivity contribution in [3.63, 3.8) is 0 Å². The van der Waals surface area contributed by atoms with Crippen LogP contribution in [0.2, 0.25) is 0 Å². The molecule has 4 heteroatoms. The van der Waals surface area contributed by atoms with Crippen LogP contribution < -0.4 is 4.74 Å². The molecule has 0 aliphatic heterocycles. The predicted molar refractivity (Wildman–Crippen MR) is 59.5 cm³/mol. The van der Waals surface area contributed by atoms with Crippen molar-refractivity contribution in [3.8, 4) is 5.75 Å². The van der Waals surface area contributed by atoms with Gasteiger partial charge in [-0.25, -0.2) is 4.39 Å². The summed E-state index contributed by atoms with van der Waals surface area (Å²) in [5, 5.41) is 0. The fourth-order valence-electron chi connectivity index (χ4n) is 1.11. The van der Waals surface area contributed by atoms with Crippen LogP contribution in [-0.2, 0) is 4.79 Å². The predicted octanol–water partition coefficient (Wildman–Crippen LogP) is 3.33. The number of ketones is 1. The Bertz CT molecular complexity index is 366. The van der Waals surface area contributed by atoms with Crippen LogP contribution in [-0.4, -0.2) is 11.9 Å². The molecule has 1 aromatic rings. The quantitative estimate of drug-likeness (QED) is 0.842. The summed E-state index contributed by atoms with van der Waals surface area (Å²) >= 11 is 3.04. The van der Waals surface area contributed by atoms with Crippen molar-refractivity contribution in [3.05, 3.63) is 28.5 Å². The molecule has 0 aliphatic carbocycles. The van der Waals surface area contributed by atoms with Crippen molar-refractivity contribution < 1.29 is 13.9 Å². The molecule has 0 aromatic heterocycles. The van der Waals surface area contributed by atoms with Gasteiger partial charge in [0.15, 0.2) is 11.9 Å². The van der Waals surface area contributed by atoms with Gasteiger partial charge in [0.05, 0.1) is 4.47 Å². The van der Waals surface area contributed by atoms with E-state index in [9.17, 15) is 9.18 Å². The number of halogens is 2. The number of rotatable bonds is 4. The Kier molecular flexibility index (Phi) is 4.27. The zero-order chi connectivity index (χ0) is 11.4. The lowest BCUT2D eigenvalue weighted by molar-refractivity contribution is -0.124. The molecular formula is C11H12BrFO2. The van der Waals surface area contributed by atoms with E-state index in [4.69, 9.17) is 4.74 Å². The fraction of sp³-hybridized carbons (Fsp3) is 0.364. The van der Waals surface area contributed by atoms with Crippen molar-refractivity contribution in [2.24, 2.45) is 0 Å². The van der Waals surface area contributed by atoms with Gasteiger partial charge < -0.3 is 4.74 Å². The molecule has 0 bridgehead atoms. The van der Waals surface area contributed by atoms with Crippen molar-refractivity contribution in [1.29, 1.82) is 0 Å². The zero-order valence-corrected chi connectivity index (χ0v) is 10.2. The summed E-state index contributed by atoms with van der Waals surface area (Å²) in [6, 6.07) is 4.42. The number of benzene rings is 1. The van der Waals surface area contributed by atoms with Crippen molar-refractivity contribution in [2.75, 3.05) is 0 Å². The lowest BCUT2D eigenvalue weighted by Gasteiger charge is -2.12. The Hall–Kier alpha value is -0.900. The number of hydrogen-bond acceptors (Lipinski definition) is 2. The topological polar surface area (TPSA) is 26.3 Å². The van der Waals surface area contributed by atoms with Crippen LogP contribution in [0.15, 0.2) is 22.7 Å². The molecule has 0 aliphatic rings. The van der Waals surface area contributed by atoms with Gasteiger partial charge in [0.2, 0.25) is 0 Å². The van der Waals surface area contributed by atoms with Gasteiger partial charge in [0.1, 0.15) is 11.6 Å². The van der Waals surface area contributed by atoms with E-state index in [1.807, 2.05) is 0 Å². The molecule has 0 saturated carbocycles. The molecule has 15 heavy (non-hydrogen) atoms. The SMILES string of the molecule is CCC(=O)C(C)Oc1ccc(Br)c(F)c1. The van der Waals surface area contributed by atoms with Crippen LogP contribution in [0.5, 0.6) is 5.75 Å². The van der Waals surface area contributed by atoms with Gasteiger partial charge in [-0.15, -0.1) is 0 Å². The molecule has 1 unspecified atom stereocenters. The summed E-state index contributed by atoms with van der Waals surface area (Å²) in [7, 11) is 0. The number of ether oxygens (including phenoxy) is 1. The maximum Gasteiger partial charge on any atom is 0.172 e. The van der Waals surface area contributed by atoms with Crippen LogP contribution in [0.1, 0.15) is 20.3 Å². The lowest BCUT2D eigenvalue weighted by atomic mass is 10.2. The smallest absolute Gasteiger partial charge is 0.172 e. The fourth-order valence-corrected chi connectivity index (χ4v) is 1.35. The van der Waals surface area contributed by atoms with E-state index in [2.05, 4.69) is 15.9 Å². The highest BCUT2D eigenvalue weighted by atomic mass is 79.9. The molecule has 82 valence electrons. The van der Waals surface area contributed by atoms with Crippen LogP contribution >= 0.6 is 15.9 Å². The summed E-state index contributed by atoms with van der Waals surface area (Å²) in [5.41, 5.74) is 0. The summed E-state index contributed by atoms with van der Waals surface area (Å²) < 4.78 is 18.8.